The predicted octanol–water partition coefficient (Wildman–Crippen LogP) is 2.80. The van der Waals surface area contributed by atoms with Gasteiger partial charge >= 0.3 is 0 Å². The molecule has 0 bridgehead atoms. The molecule has 1 atom stereocenters. The van der Waals surface area contributed by atoms with Crippen LogP contribution in [0.3, 0.4) is 0 Å². The van der Waals surface area contributed by atoms with Crippen LogP contribution < -0.4 is 0 Å². The Labute approximate surface area is 113 Å². The van der Waals surface area contributed by atoms with Crippen LogP contribution in [0.5, 0.6) is 0 Å². The number of hydrogen-bond acceptors (Lipinski definition) is 3. The highest BCUT2D eigenvalue weighted by Gasteiger charge is 2.24. The lowest BCUT2D eigenvalue weighted by molar-refractivity contribution is 0.129. The van der Waals surface area contributed by atoms with Crippen molar-refractivity contribution >= 4 is 11.6 Å². The average Bonchev–Trinajstić information content (AvgIpc) is 2.96. The van der Waals surface area contributed by atoms with Gasteiger partial charge in [0.15, 0.2) is 0 Å². The van der Waals surface area contributed by atoms with Gasteiger partial charge in [-0.05, 0) is 12.3 Å². The van der Waals surface area contributed by atoms with Crippen LogP contribution in [0.4, 0.5) is 0 Å². The fourth-order valence-electron chi connectivity index (χ4n) is 2.73. The molecule has 0 aliphatic heterocycles. The molecular formula is C13H21ClN2O2. The zero-order chi connectivity index (χ0) is 13.0. The zero-order valence-electron chi connectivity index (χ0n) is 10.8. The molecule has 18 heavy (non-hydrogen) atoms. The van der Waals surface area contributed by atoms with Gasteiger partial charge in [0, 0.05) is 7.11 Å². The fraction of sp³-hybridized carbons (Fsp3) is 0.769. The van der Waals surface area contributed by atoms with Crippen molar-refractivity contribution in [3.63, 3.8) is 0 Å². The molecule has 0 aromatic carbocycles. The quantitative estimate of drug-likeness (QED) is 0.866. The molecule has 102 valence electrons. The zero-order valence-corrected chi connectivity index (χ0v) is 11.6. The van der Waals surface area contributed by atoms with Gasteiger partial charge in [-0.2, -0.15) is 5.10 Å². The minimum atomic E-state index is -0.514. The molecule has 4 nitrogen and oxygen atoms in total. The van der Waals surface area contributed by atoms with Crippen LogP contribution in [0, 0.1) is 5.92 Å². The Kier molecular flexibility index (Phi) is 5.03. The molecule has 0 saturated heterocycles. The summed E-state index contributed by atoms with van der Waals surface area (Å²) in [5.74, 6) is 0.627. The van der Waals surface area contributed by atoms with Crippen LogP contribution >= 0.6 is 11.6 Å². The first-order valence-corrected chi connectivity index (χ1v) is 6.98. The summed E-state index contributed by atoms with van der Waals surface area (Å²) in [6, 6.07) is 0. The van der Waals surface area contributed by atoms with Gasteiger partial charge in [0.2, 0.25) is 0 Å². The van der Waals surface area contributed by atoms with E-state index in [1.54, 1.807) is 18.0 Å². The van der Waals surface area contributed by atoms with E-state index in [1.807, 2.05) is 0 Å². The number of aliphatic hydroxyl groups excluding tert-OH is 1. The Morgan fingerprint density at radius 2 is 2.28 bits per heavy atom. The molecule has 1 fully saturated rings. The van der Waals surface area contributed by atoms with E-state index < -0.39 is 6.10 Å². The van der Waals surface area contributed by atoms with Crippen molar-refractivity contribution in [3.05, 3.63) is 16.9 Å². The highest BCUT2D eigenvalue weighted by molar-refractivity contribution is 6.31. The number of methoxy groups -OCH3 is 1. The van der Waals surface area contributed by atoms with Crippen molar-refractivity contribution in [3.8, 4) is 0 Å². The van der Waals surface area contributed by atoms with E-state index in [1.165, 1.54) is 25.7 Å². The summed E-state index contributed by atoms with van der Waals surface area (Å²) in [6.45, 7) is 1.20. The predicted molar refractivity (Wildman–Crippen MR) is 70.6 cm³/mol. The van der Waals surface area contributed by atoms with Crippen LogP contribution in [-0.2, 0) is 11.3 Å². The van der Waals surface area contributed by atoms with Gasteiger partial charge in [-0.1, -0.05) is 37.3 Å². The highest BCUT2D eigenvalue weighted by atomic mass is 35.5. The van der Waals surface area contributed by atoms with E-state index in [0.717, 1.165) is 12.1 Å². The third kappa shape index (κ3) is 3.25. The second-order valence-electron chi connectivity index (χ2n) is 5.00. The molecule has 1 aliphatic rings. The number of hydrogen-bond donors (Lipinski definition) is 1. The third-order valence-corrected chi connectivity index (χ3v) is 3.98. The number of rotatable bonds is 6. The molecule has 1 unspecified atom stereocenters. The molecule has 1 saturated carbocycles. The maximum absolute atomic E-state index is 10.3. The Morgan fingerprint density at radius 1 is 1.56 bits per heavy atom. The first-order chi connectivity index (χ1) is 8.72. The van der Waals surface area contributed by atoms with E-state index in [2.05, 4.69) is 5.10 Å². The Morgan fingerprint density at radius 3 is 2.94 bits per heavy atom. The van der Waals surface area contributed by atoms with Gasteiger partial charge in [0.1, 0.15) is 0 Å². The van der Waals surface area contributed by atoms with E-state index in [0.29, 0.717) is 24.1 Å². The van der Waals surface area contributed by atoms with Gasteiger partial charge in [0.05, 0.1) is 36.2 Å². The van der Waals surface area contributed by atoms with Gasteiger partial charge in [-0.3, -0.25) is 4.68 Å². The van der Waals surface area contributed by atoms with E-state index in [9.17, 15) is 5.11 Å². The monoisotopic (exact) mass is 272 g/mol. The number of ether oxygens (including phenoxy) is 1. The standard InChI is InChI=1S/C13H21ClN2O2/c1-18-7-6-16-13(11(14)9-15-16)12(17)8-10-4-2-3-5-10/h9-10,12,17H,2-8H2,1H3. The fourth-order valence-corrected chi connectivity index (χ4v) is 3.00. The largest absolute Gasteiger partial charge is 0.387 e. The summed E-state index contributed by atoms with van der Waals surface area (Å²) >= 11 is 6.12. The van der Waals surface area contributed by atoms with Crippen molar-refractivity contribution in [2.24, 2.45) is 5.92 Å². The van der Waals surface area contributed by atoms with Crippen molar-refractivity contribution < 1.29 is 9.84 Å². The molecule has 5 heteroatoms. The van der Waals surface area contributed by atoms with E-state index >= 15 is 0 Å². The van der Waals surface area contributed by atoms with Crippen LogP contribution in [-0.4, -0.2) is 28.6 Å². The molecule has 1 aromatic rings. The summed E-state index contributed by atoms with van der Waals surface area (Å²) in [5, 5.41) is 15.1. The summed E-state index contributed by atoms with van der Waals surface area (Å²) in [7, 11) is 1.65. The second-order valence-corrected chi connectivity index (χ2v) is 5.40. The first kappa shape index (κ1) is 13.8. The summed E-state index contributed by atoms with van der Waals surface area (Å²) in [5.41, 5.74) is 0.737. The lowest BCUT2D eigenvalue weighted by Gasteiger charge is -2.17. The topological polar surface area (TPSA) is 47.3 Å². The third-order valence-electron chi connectivity index (χ3n) is 3.69. The molecule has 1 heterocycles. The average molecular weight is 273 g/mol. The molecule has 0 radical (unpaired) electrons. The summed E-state index contributed by atoms with van der Waals surface area (Å²) < 4.78 is 6.79. The molecule has 2 rings (SSSR count). The minimum Gasteiger partial charge on any atom is -0.387 e. The summed E-state index contributed by atoms with van der Waals surface area (Å²) in [6.07, 6.45) is 6.90. The lowest BCUT2D eigenvalue weighted by Crippen LogP contribution is -2.14. The minimum absolute atomic E-state index is 0.514. The first-order valence-electron chi connectivity index (χ1n) is 6.60. The van der Waals surface area contributed by atoms with Crippen LogP contribution in [0.15, 0.2) is 6.20 Å². The second kappa shape index (κ2) is 6.55. The lowest BCUT2D eigenvalue weighted by atomic mass is 9.98. The highest BCUT2D eigenvalue weighted by Crippen LogP contribution is 2.34. The van der Waals surface area contributed by atoms with Crippen molar-refractivity contribution in [1.82, 2.24) is 9.78 Å². The molecule has 0 spiro atoms. The molecule has 1 aromatic heterocycles. The van der Waals surface area contributed by atoms with E-state index in [-0.39, 0.29) is 0 Å². The SMILES string of the molecule is COCCn1ncc(Cl)c1C(O)CC1CCCC1. The molecule has 1 aliphatic carbocycles. The van der Waals surface area contributed by atoms with Crippen molar-refractivity contribution in [2.75, 3.05) is 13.7 Å². The smallest absolute Gasteiger partial charge is 0.0974 e. The van der Waals surface area contributed by atoms with Crippen molar-refractivity contribution in [2.45, 2.75) is 44.8 Å². The number of halogens is 1. The Bertz CT molecular complexity index is 375. The van der Waals surface area contributed by atoms with E-state index in [4.69, 9.17) is 16.3 Å². The van der Waals surface area contributed by atoms with Gasteiger partial charge in [0.25, 0.3) is 0 Å². The number of aromatic nitrogens is 2. The molecule has 1 N–H and O–H groups in total. The van der Waals surface area contributed by atoms with Crippen LogP contribution in [0.25, 0.3) is 0 Å². The summed E-state index contributed by atoms with van der Waals surface area (Å²) in [4.78, 5) is 0. The molecule has 0 amide bonds. The van der Waals surface area contributed by atoms with Gasteiger partial charge < -0.3 is 9.84 Å². The maximum atomic E-state index is 10.3. The molecular weight excluding hydrogens is 252 g/mol. The number of nitrogens with zero attached hydrogens (tertiary/aromatic N) is 2. The Balaban J connectivity index is 2.02. The Hall–Kier alpha value is -0.580. The maximum Gasteiger partial charge on any atom is 0.0974 e. The normalized spacial score (nSPS) is 18.4. The van der Waals surface area contributed by atoms with Crippen LogP contribution in [0.1, 0.15) is 43.9 Å². The van der Waals surface area contributed by atoms with Crippen LogP contribution in [0.2, 0.25) is 5.02 Å². The van der Waals surface area contributed by atoms with Crippen molar-refractivity contribution in [1.29, 1.82) is 0 Å². The van der Waals surface area contributed by atoms with Gasteiger partial charge in [-0.15, -0.1) is 0 Å². The number of aliphatic hydroxyl groups is 1. The van der Waals surface area contributed by atoms with Gasteiger partial charge in [-0.25, -0.2) is 0 Å².